The summed E-state index contributed by atoms with van der Waals surface area (Å²) in [6, 6.07) is 6.70. The van der Waals surface area contributed by atoms with Crippen LogP contribution in [0.1, 0.15) is 5.56 Å². The molecule has 0 aliphatic carbocycles. The lowest BCUT2D eigenvalue weighted by atomic mass is 10.2. The highest BCUT2D eigenvalue weighted by molar-refractivity contribution is 14.1. The fourth-order valence-electron chi connectivity index (χ4n) is 1.30. The maximum atomic E-state index is 2.39. The lowest BCUT2D eigenvalue weighted by molar-refractivity contribution is 1.49. The van der Waals surface area contributed by atoms with Gasteiger partial charge in [-0.1, -0.05) is 0 Å². The molecular formula is C10H9IS2. The Hall–Kier alpha value is 0.260. The van der Waals surface area contributed by atoms with Gasteiger partial charge in [0.15, 0.2) is 0 Å². The van der Waals surface area contributed by atoms with Gasteiger partial charge >= 0.3 is 0 Å². The molecule has 0 saturated carbocycles. The topological polar surface area (TPSA) is 0 Å². The van der Waals surface area contributed by atoms with Crippen LogP contribution in [0.2, 0.25) is 0 Å². The van der Waals surface area contributed by atoms with Crippen molar-refractivity contribution < 1.29 is 0 Å². The standard InChI is InChI=1S/C10H9IS2/c1-6-7-5-10(12-2)13-9(7)4-3-8(6)11/h3-5H,1-2H3. The lowest BCUT2D eigenvalue weighted by Gasteiger charge is -1.97. The van der Waals surface area contributed by atoms with Crippen molar-refractivity contribution in [2.45, 2.75) is 11.1 Å². The molecule has 0 radical (unpaired) electrons. The Labute approximate surface area is 99.9 Å². The van der Waals surface area contributed by atoms with Gasteiger partial charge in [0.05, 0.1) is 4.21 Å². The van der Waals surface area contributed by atoms with Crippen LogP contribution in [-0.4, -0.2) is 6.26 Å². The van der Waals surface area contributed by atoms with Crippen molar-refractivity contribution in [3.05, 3.63) is 27.3 Å². The Balaban J connectivity index is 2.76. The Morgan fingerprint density at radius 2 is 2.15 bits per heavy atom. The second kappa shape index (κ2) is 3.79. The molecule has 2 aromatic rings. The zero-order valence-corrected chi connectivity index (χ0v) is 11.2. The minimum atomic E-state index is 1.36. The summed E-state index contributed by atoms with van der Waals surface area (Å²) < 4.78 is 4.16. The first kappa shape index (κ1) is 9.80. The summed E-state index contributed by atoms with van der Waals surface area (Å²) in [7, 11) is 0. The van der Waals surface area contributed by atoms with E-state index in [0.29, 0.717) is 0 Å². The molecule has 3 heteroatoms. The number of hydrogen-bond acceptors (Lipinski definition) is 2. The zero-order valence-electron chi connectivity index (χ0n) is 7.43. The van der Waals surface area contributed by atoms with Crippen molar-refractivity contribution in [3.8, 4) is 0 Å². The molecule has 0 aliphatic heterocycles. The van der Waals surface area contributed by atoms with Crippen LogP contribution in [0.5, 0.6) is 0 Å². The number of hydrogen-bond donors (Lipinski definition) is 0. The molecular weight excluding hydrogens is 311 g/mol. The Morgan fingerprint density at radius 3 is 2.85 bits per heavy atom. The number of rotatable bonds is 1. The summed E-state index contributed by atoms with van der Waals surface area (Å²) in [6.07, 6.45) is 2.13. The molecule has 1 aromatic carbocycles. The summed E-state index contributed by atoms with van der Waals surface area (Å²) >= 11 is 6.10. The van der Waals surface area contributed by atoms with Crippen molar-refractivity contribution in [2.75, 3.05) is 6.26 Å². The number of thioether (sulfide) groups is 1. The average molecular weight is 320 g/mol. The van der Waals surface area contributed by atoms with Gasteiger partial charge in [-0.3, -0.25) is 0 Å². The van der Waals surface area contributed by atoms with Crippen LogP contribution in [0.4, 0.5) is 0 Å². The van der Waals surface area contributed by atoms with Crippen LogP contribution in [0.25, 0.3) is 10.1 Å². The van der Waals surface area contributed by atoms with Crippen molar-refractivity contribution >= 4 is 55.8 Å². The van der Waals surface area contributed by atoms with E-state index in [-0.39, 0.29) is 0 Å². The minimum Gasteiger partial charge on any atom is -0.129 e. The van der Waals surface area contributed by atoms with Crippen molar-refractivity contribution in [1.82, 2.24) is 0 Å². The first-order chi connectivity index (χ1) is 6.22. The summed E-state index contributed by atoms with van der Waals surface area (Å²) in [5.41, 5.74) is 1.41. The predicted octanol–water partition coefficient (Wildman–Crippen LogP) is 4.54. The Bertz CT molecular complexity index is 445. The van der Waals surface area contributed by atoms with Crippen LogP contribution >= 0.6 is 45.7 Å². The van der Waals surface area contributed by atoms with E-state index in [2.05, 4.69) is 54.0 Å². The highest BCUT2D eigenvalue weighted by Crippen LogP contribution is 2.34. The quantitative estimate of drug-likeness (QED) is 0.549. The van der Waals surface area contributed by atoms with Gasteiger partial charge in [-0.25, -0.2) is 0 Å². The molecule has 0 N–H and O–H groups in total. The van der Waals surface area contributed by atoms with Gasteiger partial charge in [0, 0.05) is 8.27 Å². The molecule has 0 aliphatic rings. The molecule has 0 nitrogen and oxygen atoms in total. The second-order valence-corrected chi connectivity index (χ2v) is 6.21. The maximum Gasteiger partial charge on any atom is 0.0608 e. The molecule has 0 amide bonds. The normalized spacial score (nSPS) is 11.0. The van der Waals surface area contributed by atoms with Gasteiger partial charge in [0.2, 0.25) is 0 Å². The van der Waals surface area contributed by atoms with E-state index >= 15 is 0 Å². The first-order valence-corrected chi connectivity index (χ1v) is 7.07. The molecule has 13 heavy (non-hydrogen) atoms. The smallest absolute Gasteiger partial charge is 0.0608 e. The van der Waals surface area contributed by atoms with Crippen molar-refractivity contribution in [3.63, 3.8) is 0 Å². The summed E-state index contributed by atoms with van der Waals surface area (Å²) in [5, 5.41) is 1.42. The largest absolute Gasteiger partial charge is 0.129 e. The zero-order chi connectivity index (χ0) is 9.42. The molecule has 0 spiro atoms. The lowest BCUT2D eigenvalue weighted by Crippen LogP contribution is -1.78. The highest BCUT2D eigenvalue weighted by atomic mass is 127. The van der Waals surface area contributed by atoms with E-state index in [1.165, 1.54) is 23.4 Å². The third-order valence-corrected chi connectivity index (χ3v) is 5.42. The molecule has 1 aromatic heterocycles. The fourth-order valence-corrected chi connectivity index (χ4v) is 3.46. The first-order valence-electron chi connectivity index (χ1n) is 3.95. The Kier molecular flexibility index (Phi) is 2.86. The second-order valence-electron chi connectivity index (χ2n) is 2.85. The maximum absolute atomic E-state index is 2.39. The van der Waals surface area contributed by atoms with Gasteiger partial charge in [-0.15, -0.1) is 23.1 Å². The van der Waals surface area contributed by atoms with E-state index in [4.69, 9.17) is 0 Å². The molecule has 0 bridgehead atoms. The van der Waals surface area contributed by atoms with Crippen LogP contribution in [0.3, 0.4) is 0 Å². The fraction of sp³-hybridized carbons (Fsp3) is 0.200. The van der Waals surface area contributed by atoms with E-state index in [0.717, 1.165) is 0 Å². The number of fused-ring (bicyclic) bond motifs is 1. The van der Waals surface area contributed by atoms with Crippen molar-refractivity contribution in [2.24, 2.45) is 0 Å². The average Bonchev–Trinajstić information content (AvgIpc) is 2.55. The highest BCUT2D eigenvalue weighted by Gasteiger charge is 2.05. The molecule has 1 heterocycles. The van der Waals surface area contributed by atoms with Crippen LogP contribution in [-0.2, 0) is 0 Å². The molecule has 0 unspecified atom stereocenters. The van der Waals surface area contributed by atoms with Gasteiger partial charge in [0.1, 0.15) is 0 Å². The van der Waals surface area contributed by atoms with E-state index in [1.807, 2.05) is 23.1 Å². The monoisotopic (exact) mass is 320 g/mol. The number of thiophene rings is 1. The SMILES string of the molecule is CSc1cc2c(C)c(I)ccc2s1. The third-order valence-electron chi connectivity index (χ3n) is 2.08. The van der Waals surface area contributed by atoms with Gasteiger partial charge in [-0.05, 0) is 64.9 Å². The van der Waals surface area contributed by atoms with Gasteiger partial charge in [0.25, 0.3) is 0 Å². The van der Waals surface area contributed by atoms with Crippen LogP contribution < -0.4 is 0 Å². The summed E-state index contributed by atoms with van der Waals surface area (Å²) in [4.78, 5) is 0. The predicted molar refractivity (Wildman–Crippen MR) is 71.1 cm³/mol. The summed E-state index contributed by atoms with van der Waals surface area (Å²) in [6.45, 7) is 2.20. The van der Waals surface area contributed by atoms with Crippen LogP contribution in [0.15, 0.2) is 22.4 Å². The van der Waals surface area contributed by atoms with E-state index < -0.39 is 0 Å². The van der Waals surface area contributed by atoms with E-state index in [9.17, 15) is 0 Å². The molecule has 68 valence electrons. The molecule has 0 saturated heterocycles. The number of aryl methyl sites for hydroxylation is 1. The number of halogens is 1. The summed E-state index contributed by atoms with van der Waals surface area (Å²) in [5.74, 6) is 0. The molecule has 0 atom stereocenters. The Morgan fingerprint density at radius 1 is 1.38 bits per heavy atom. The van der Waals surface area contributed by atoms with Gasteiger partial charge in [-0.2, -0.15) is 0 Å². The minimum absolute atomic E-state index is 1.36. The number of benzene rings is 1. The van der Waals surface area contributed by atoms with Gasteiger partial charge < -0.3 is 0 Å². The van der Waals surface area contributed by atoms with Crippen LogP contribution in [0, 0.1) is 10.5 Å². The van der Waals surface area contributed by atoms with E-state index in [1.54, 1.807) is 0 Å². The van der Waals surface area contributed by atoms with Crippen molar-refractivity contribution in [1.29, 1.82) is 0 Å². The third kappa shape index (κ3) is 1.74. The molecule has 0 fully saturated rings. The molecule has 2 rings (SSSR count).